The van der Waals surface area contributed by atoms with Crippen molar-refractivity contribution in [2.24, 2.45) is 5.41 Å². The number of nitro groups is 1. The van der Waals surface area contributed by atoms with Gasteiger partial charge in [-0.15, -0.1) is 0 Å². The normalized spacial score (nSPS) is 23.0. The van der Waals surface area contributed by atoms with Gasteiger partial charge in [0.1, 0.15) is 0 Å². The Morgan fingerprint density at radius 2 is 2.24 bits per heavy atom. The molecule has 6 nitrogen and oxygen atoms in total. The van der Waals surface area contributed by atoms with E-state index in [-0.39, 0.29) is 10.6 Å². The van der Waals surface area contributed by atoms with E-state index in [1.807, 2.05) is 6.07 Å². The highest BCUT2D eigenvalue weighted by Gasteiger charge is 2.37. The Morgan fingerprint density at radius 1 is 1.52 bits per heavy atom. The molecule has 0 aromatic heterocycles. The number of hydrogen-bond acceptors (Lipinski definition) is 4. The van der Waals surface area contributed by atoms with Gasteiger partial charge in [-0.3, -0.25) is 19.8 Å². The SMILES string of the molecule is Cc1c(CN2CCCC(C)(C(=O)O)C2)cccc1[N+](=O)[O-]. The first-order chi connectivity index (χ1) is 9.83. The molecule has 21 heavy (non-hydrogen) atoms. The Hall–Kier alpha value is -1.95. The average molecular weight is 292 g/mol. The zero-order chi connectivity index (χ0) is 15.6. The highest BCUT2D eigenvalue weighted by Crippen LogP contribution is 2.31. The first-order valence-corrected chi connectivity index (χ1v) is 7.02. The molecule has 0 spiro atoms. The Morgan fingerprint density at radius 3 is 2.86 bits per heavy atom. The fraction of sp³-hybridized carbons (Fsp3) is 0.533. The Labute approximate surface area is 123 Å². The van der Waals surface area contributed by atoms with E-state index in [1.54, 1.807) is 19.9 Å². The first kappa shape index (κ1) is 15.4. The third-order valence-electron chi connectivity index (χ3n) is 4.30. The second-order valence-corrected chi connectivity index (χ2v) is 6.00. The number of nitrogens with zero attached hydrogens (tertiary/aromatic N) is 2. The summed E-state index contributed by atoms with van der Waals surface area (Å²) in [6.07, 6.45) is 1.50. The van der Waals surface area contributed by atoms with Crippen LogP contribution in [0.3, 0.4) is 0 Å². The Kier molecular flexibility index (Phi) is 4.27. The number of piperidine rings is 1. The van der Waals surface area contributed by atoms with Crippen LogP contribution in [0.2, 0.25) is 0 Å². The molecule has 1 heterocycles. The van der Waals surface area contributed by atoms with E-state index >= 15 is 0 Å². The molecule has 1 fully saturated rings. The van der Waals surface area contributed by atoms with E-state index < -0.39 is 11.4 Å². The lowest BCUT2D eigenvalue weighted by atomic mass is 9.82. The van der Waals surface area contributed by atoms with Gasteiger partial charge in [0.25, 0.3) is 5.69 Å². The third-order valence-corrected chi connectivity index (χ3v) is 4.30. The predicted molar refractivity (Wildman–Crippen MR) is 78.1 cm³/mol. The van der Waals surface area contributed by atoms with Gasteiger partial charge in [0, 0.05) is 24.7 Å². The molecule has 2 rings (SSSR count). The number of likely N-dealkylation sites (tertiary alicyclic amines) is 1. The molecule has 0 saturated carbocycles. The monoisotopic (exact) mass is 292 g/mol. The molecule has 1 aliphatic heterocycles. The lowest BCUT2D eigenvalue weighted by molar-refractivity contribution is -0.385. The van der Waals surface area contributed by atoms with Crippen LogP contribution in [0.15, 0.2) is 18.2 Å². The van der Waals surface area contributed by atoms with Gasteiger partial charge in [0.2, 0.25) is 0 Å². The van der Waals surface area contributed by atoms with E-state index in [2.05, 4.69) is 4.90 Å². The lowest BCUT2D eigenvalue weighted by Gasteiger charge is -2.37. The maximum Gasteiger partial charge on any atom is 0.310 e. The minimum absolute atomic E-state index is 0.116. The number of rotatable bonds is 4. The van der Waals surface area contributed by atoms with Crippen molar-refractivity contribution in [1.82, 2.24) is 4.90 Å². The quantitative estimate of drug-likeness (QED) is 0.681. The summed E-state index contributed by atoms with van der Waals surface area (Å²) in [5, 5.41) is 20.3. The second kappa shape index (κ2) is 5.81. The fourth-order valence-corrected chi connectivity index (χ4v) is 2.93. The van der Waals surface area contributed by atoms with Crippen LogP contribution in [0.4, 0.5) is 5.69 Å². The summed E-state index contributed by atoms with van der Waals surface area (Å²) in [5.74, 6) is -0.775. The summed E-state index contributed by atoms with van der Waals surface area (Å²) in [6.45, 7) is 5.36. The highest BCUT2D eigenvalue weighted by molar-refractivity contribution is 5.74. The number of benzene rings is 1. The van der Waals surface area contributed by atoms with Gasteiger partial charge in [0.05, 0.1) is 10.3 Å². The Bertz CT molecular complexity index is 573. The molecule has 0 amide bonds. The first-order valence-electron chi connectivity index (χ1n) is 7.02. The predicted octanol–water partition coefficient (Wildman–Crippen LogP) is 2.59. The van der Waals surface area contributed by atoms with Crippen molar-refractivity contribution in [3.05, 3.63) is 39.4 Å². The molecular weight excluding hydrogens is 272 g/mol. The van der Waals surface area contributed by atoms with Crippen LogP contribution in [-0.4, -0.2) is 34.0 Å². The molecule has 1 N–H and O–H groups in total. The van der Waals surface area contributed by atoms with Crippen LogP contribution in [-0.2, 0) is 11.3 Å². The number of aliphatic carboxylic acids is 1. The van der Waals surface area contributed by atoms with Crippen molar-refractivity contribution in [3.63, 3.8) is 0 Å². The van der Waals surface area contributed by atoms with E-state index in [0.29, 0.717) is 25.1 Å². The molecule has 1 atom stereocenters. The molecular formula is C15H20N2O4. The topological polar surface area (TPSA) is 83.7 Å². The molecule has 1 aliphatic rings. The minimum Gasteiger partial charge on any atom is -0.481 e. The van der Waals surface area contributed by atoms with Crippen molar-refractivity contribution in [2.45, 2.75) is 33.2 Å². The molecule has 0 bridgehead atoms. The van der Waals surface area contributed by atoms with Crippen molar-refractivity contribution >= 4 is 11.7 Å². The summed E-state index contributed by atoms with van der Waals surface area (Å²) in [7, 11) is 0. The number of carboxylic acid groups (broad SMARTS) is 1. The van der Waals surface area contributed by atoms with Crippen LogP contribution in [0.1, 0.15) is 30.9 Å². The molecule has 1 saturated heterocycles. The van der Waals surface area contributed by atoms with Crippen molar-refractivity contribution in [2.75, 3.05) is 13.1 Å². The smallest absolute Gasteiger partial charge is 0.310 e. The van der Waals surface area contributed by atoms with Crippen LogP contribution in [0.25, 0.3) is 0 Å². The molecule has 0 aliphatic carbocycles. The van der Waals surface area contributed by atoms with Gasteiger partial charge in [-0.25, -0.2) is 0 Å². The van der Waals surface area contributed by atoms with Crippen molar-refractivity contribution < 1.29 is 14.8 Å². The molecule has 6 heteroatoms. The Balaban J connectivity index is 2.17. The summed E-state index contributed by atoms with van der Waals surface area (Å²) in [5.41, 5.74) is 0.932. The van der Waals surface area contributed by atoms with Gasteiger partial charge < -0.3 is 5.11 Å². The fourth-order valence-electron chi connectivity index (χ4n) is 2.93. The maximum absolute atomic E-state index is 11.4. The summed E-state index contributed by atoms with van der Waals surface area (Å²) in [4.78, 5) is 24.0. The number of carboxylic acids is 1. The van der Waals surface area contributed by atoms with Crippen LogP contribution < -0.4 is 0 Å². The van der Waals surface area contributed by atoms with E-state index in [9.17, 15) is 20.0 Å². The molecule has 0 radical (unpaired) electrons. The second-order valence-electron chi connectivity index (χ2n) is 6.00. The van der Waals surface area contributed by atoms with Gasteiger partial charge in [-0.05, 0) is 38.8 Å². The van der Waals surface area contributed by atoms with Crippen LogP contribution >= 0.6 is 0 Å². The zero-order valence-electron chi connectivity index (χ0n) is 12.3. The van der Waals surface area contributed by atoms with Crippen molar-refractivity contribution in [1.29, 1.82) is 0 Å². The van der Waals surface area contributed by atoms with Crippen LogP contribution in [0.5, 0.6) is 0 Å². The zero-order valence-corrected chi connectivity index (χ0v) is 12.3. The van der Waals surface area contributed by atoms with E-state index in [4.69, 9.17) is 0 Å². The van der Waals surface area contributed by atoms with E-state index in [1.165, 1.54) is 6.07 Å². The molecule has 1 aromatic rings. The standard InChI is InChI=1S/C15H20N2O4/c1-11-12(5-3-6-13(11)17(20)21)9-16-8-4-7-15(2,10-16)14(18)19/h3,5-6H,4,7-10H2,1-2H3,(H,18,19). The van der Waals surface area contributed by atoms with Crippen LogP contribution in [0, 0.1) is 22.5 Å². The molecule has 1 unspecified atom stereocenters. The highest BCUT2D eigenvalue weighted by atomic mass is 16.6. The number of carbonyl (C=O) groups is 1. The van der Waals surface area contributed by atoms with Gasteiger partial charge >= 0.3 is 5.97 Å². The maximum atomic E-state index is 11.4. The summed E-state index contributed by atoms with van der Waals surface area (Å²) in [6, 6.07) is 5.05. The summed E-state index contributed by atoms with van der Waals surface area (Å²) >= 11 is 0. The lowest BCUT2D eigenvalue weighted by Crippen LogP contribution is -2.45. The van der Waals surface area contributed by atoms with Crippen molar-refractivity contribution in [3.8, 4) is 0 Å². The average Bonchev–Trinajstić information content (AvgIpc) is 2.41. The number of hydrogen-bond donors (Lipinski definition) is 1. The third kappa shape index (κ3) is 3.21. The minimum atomic E-state index is -0.775. The van der Waals surface area contributed by atoms with Gasteiger partial charge in [0.15, 0.2) is 0 Å². The van der Waals surface area contributed by atoms with Gasteiger partial charge in [-0.1, -0.05) is 12.1 Å². The van der Waals surface area contributed by atoms with E-state index in [0.717, 1.165) is 18.5 Å². The number of nitro benzene ring substituents is 1. The molecule has 114 valence electrons. The van der Waals surface area contributed by atoms with Gasteiger partial charge in [-0.2, -0.15) is 0 Å². The molecule has 1 aromatic carbocycles. The summed E-state index contributed by atoms with van der Waals surface area (Å²) < 4.78 is 0. The largest absolute Gasteiger partial charge is 0.481 e.